The molecule has 25 heavy (non-hydrogen) atoms. The van der Waals surface area contributed by atoms with Crippen LogP contribution in [0.4, 0.5) is 5.69 Å². The Morgan fingerprint density at radius 1 is 1.24 bits per heavy atom. The van der Waals surface area contributed by atoms with Crippen LogP contribution in [-0.2, 0) is 26.1 Å². The molecule has 1 atom stereocenters. The first-order valence-corrected chi connectivity index (χ1v) is 9.55. The highest BCUT2D eigenvalue weighted by Gasteiger charge is 2.28. The number of nitrogens with two attached hydrogens (primary N) is 1. The lowest BCUT2D eigenvalue weighted by atomic mass is 9.88. The van der Waals surface area contributed by atoms with Crippen molar-refractivity contribution in [2.45, 2.75) is 25.3 Å². The number of methoxy groups -OCH3 is 2. The van der Waals surface area contributed by atoms with E-state index in [1.807, 2.05) is 18.2 Å². The van der Waals surface area contributed by atoms with Gasteiger partial charge >= 0.3 is 0 Å². The number of anilines is 1. The van der Waals surface area contributed by atoms with Crippen LogP contribution in [0.2, 0.25) is 0 Å². The van der Waals surface area contributed by atoms with Gasteiger partial charge in [-0.25, -0.2) is 0 Å². The smallest absolute Gasteiger partial charge is 0.280 e. The molecule has 1 aromatic rings. The van der Waals surface area contributed by atoms with Gasteiger partial charge in [-0.1, -0.05) is 6.07 Å². The van der Waals surface area contributed by atoms with Crippen molar-refractivity contribution in [3.8, 4) is 0 Å². The molecule has 1 unspecified atom stereocenters. The highest BCUT2D eigenvalue weighted by atomic mass is 35.5. The summed E-state index contributed by atoms with van der Waals surface area (Å²) in [5, 5.41) is 0. The second-order valence-corrected chi connectivity index (χ2v) is 7.61. The number of ether oxygens (including phenoxy) is 2. The number of rotatable bonds is 9. The van der Waals surface area contributed by atoms with E-state index in [2.05, 4.69) is 4.72 Å². The van der Waals surface area contributed by atoms with Gasteiger partial charge in [-0.3, -0.25) is 0 Å². The Morgan fingerprint density at radius 3 is 2.48 bits per heavy atom. The summed E-state index contributed by atoms with van der Waals surface area (Å²) < 4.78 is 39.8. The molecule has 9 heteroatoms. The van der Waals surface area contributed by atoms with Gasteiger partial charge in [0, 0.05) is 39.0 Å². The van der Waals surface area contributed by atoms with Crippen LogP contribution < -0.4 is 10.5 Å². The highest BCUT2D eigenvalue weighted by Crippen LogP contribution is 2.31. The van der Waals surface area contributed by atoms with E-state index < -0.39 is 10.2 Å². The van der Waals surface area contributed by atoms with Crippen molar-refractivity contribution in [3.05, 3.63) is 29.3 Å². The Labute approximate surface area is 156 Å². The maximum atomic E-state index is 12.8. The molecule has 0 bridgehead atoms. The van der Waals surface area contributed by atoms with E-state index in [4.69, 9.17) is 15.2 Å². The van der Waals surface area contributed by atoms with E-state index >= 15 is 0 Å². The van der Waals surface area contributed by atoms with E-state index in [1.165, 1.54) is 4.31 Å². The summed E-state index contributed by atoms with van der Waals surface area (Å²) in [7, 11) is -0.523. The fraction of sp³-hybridized carbons (Fsp3) is 0.625. The van der Waals surface area contributed by atoms with E-state index in [0.717, 1.165) is 30.4 Å². The third-order valence-electron chi connectivity index (χ3n) is 4.20. The lowest BCUT2D eigenvalue weighted by Gasteiger charge is -2.29. The number of hydrogen-bond donors (Lipinski definition) is 2. The number of halogens is 1. The molecular weight excluding hydrogens is 366 g/mol. The van der Waals surface area contributed by atoms with E-state index in [-0.39, 0.29) is 31.5 Å². The molecule has 0 aliphatic heterocycles. The van der Waals surface area contributed by atoms with Gasteiger partial charge in [-0.2, -0.15) is 17.4 Å². The van der Waals surface area contributed by atoms with Crippen molar-refractivity contribution in [3.63, 3.8) is 0 Å². The number of aryl methyl sites for hydroxylation is 1. The molecule has 144 valence electrons. The zero-order valence-corrected chi connectivity index (χ0v) is 16.4. The molecule has 1 aliphatic carbocycles. The summed E-state index contributed by atoms with van der Waals surface area (Å²) in [5.41, 5.74) is 8.68. The molecule has 1 aromatic carbocycles. The van der Waals surface area contributed by atoms with Gasteiger partial charge in [-0.05, 0) is 42.5 Å². The Morgan fingerprint density at radius 2 is 1.88 bits per heavy atom. The van der Waals surface area contributed by atoms with Crippen molar-refractivity contribution in [1.82, 2.24) is 9.03 Å². The third-order valence-corrected chi connectivity index (χ3v) is 5.83. The molecule has 0 saturated carbocycles. The minimum absolute atomic E-state index is 0. The molecule has 0 radical (unpaired) electrons. The Kier molecular flexibility index (Phi) is 9.12. The van der Waals surface area contributed by atoms with Crippen LogP contribution in [0.5, 0.6) is 0 Å². The van der Waals surface area contributed by atoms with Crippen molar-refractivity contribution in [2.24, 2.45) is 0 Å². The summed E-state index contributed by atoms with van der Waals surface area (Å²) >= 11 is 0. The van der Waals surface area contributed by atoms with Crippen molar-refractivity contribution in [1.29, 1.82) is 0 Å². The second-order valence-electron chi connectivity index (χ2n) is 5.91. The molecule has 0 spiro atoms. The maximum absolute atomic E-state index is 12.8. The van der Waals surface area contributed by atoms with Crippen LogP contribution in [0, 0.1) is 0 Å². The molecule has 0 saturated heterocycles. The Balaban J connectivity index is 0.00000312. The monoisotopic (exact) mass is 393 g/mol. The number of hydrogen-bond acceptors (Lipinski definition) is 5. The van der Waals surface area contributed by atoms with Gasteiger partial charge in [0.15, 0.2) is 0 Å². The standard InChI is InChI=1S/C16H27N3O4S.ClH/c1-22-10-8-19(9-11-23-2)24(20,21)18-16-5-3-4-13-12-14(17)6-7-15(13)16;/h6-7,12,16,18H,3-5,8-11,17H2,1-2H3;1H. The predicted molar refractivity (Wildman–Crippen MR) is 101 cm³/mol. The largest absolute Gasteiger partial charge is 0.399 e. The molecule has 0 aromatic heterocycles. The van der Waals surface area contributed by atoms with Crippen molar-refractivity contribution >= 4 is 28.3 Å². The van der Waals surface area contributed by atoms with Gasteiger partial charge in [-0.15, -0.1) is 12.4 Å². The van der Waals surface area contributed by atoms with E-state index in [0.29, 0.717) is 18.9 Å². The average molecular weight is 394 g/mol. The molecular formula is C16H28ClN3O4S. The molecule has 3 N–H and O–H groups in total. The maximum Gasteiger partial charge on any atom is 0.280 e. The van der Waals surface area contributed by atoms with Gasteiger partial charge in [0.1, 0.15) is 0 Å². The predicted octanol–water partition coefficient (Wildman–Crippen LogP) is 1.50. The lowest BCUT2D eigenvalue weighted by Crippen LogP contribution is -2.45. The van der Waals surface area contributed by atoms with Gasteiger partial charge in [0.2, 0.25) is 0 Å². The number of benzene rings is 1. The quantitative estimate of drug-likeness (QED) is 0.620. The minimum atomic E-state index is -3.63. The van der Waals surface area contributed by atoms with Crippen LogP contribution in [0.25, 0.3) is 0 Å². The van der Waals surface area contributed by atoms with E-state index in [9.17, 15) is 8.42 Å². The fourth-order valence-electron chi connectivity index (χ4n) is 2.95. The van der Waals surface area contributed by atoms with Crippen LogP contribution >= 0.6 is 12.4 Å². The minimum Gasteiger partial charge on any atom is -0.399 e. The number of nitrogens with one attached hydrogen (secondary N) is 1. The van der Waals surface area contributed by atoms with Crippen LogP contribution in [0.1, 0.15) is 30.0 Å². The first-order chi connectivity index (χ1) is 11.5. The van der Waals surface area contributed by atoms with Crippen molar-refractivity contribution < 1.29 is 17.9 Å². The first-order valence-electron chi connectivity index (χ1n) is 8.11. The lowest BCUT2D eigenvalue weighted by molar-refractivity contribution is 0.149. The normalized spacial score (nSPS) is 17.2. The number of fused-ring (bicyclic) bond motifs is 1. The molecule has 1 aliphatic rings. The van der Waals surface area contributed by atoms with Crippen molar-refractivity contribution in [2.75, 3.05) is 46.3 Å². The van der Waals surface area contributed by atoms with Crippen LogP contribution in [-0.4, -0.2) is 53.2 Å². The Hall–Kier alpha value is -0.900. The van der Waals surface area contributed by atoms with Crippen LogP contribution in [0.3, 0.4) is 0 Å². The second kappa shape index (κ2) is 10.3. The summed E-state index contributed by atoms with van der Waals surface area (Å²) in [6, 6.07) is 5.45. The zero-order chi connectivity index (χ0) is 17.6. The van der Waals surface area contributed by atoms with Gasteiger partial charge in [0.25, 0.3) is 10.2 Å². The van der Waals surface area contributed by atoms with Gasteiger partial charge < -0.3 is 15.2 Å². The summed E-state index contributed by atoms with van der Waals surface area (Å²) in [4.78, 5) is 0. The van der Waals surface area contributed by atoms with Gasteiger partial charge in [0.05, 0.1) is 13.2 Å². The summed E-state index contributed by atoms with van der Waals surface area (Å²) in [6.07, 6.45) is 2.63. The summed E-state index contributed by atoms with van der Waals surface area (Å²) in [6.45, 7) is 1.25. The van der Waals surface area contributed by atoms with E-state index in [1.54, 1.807) is 14.2 Å². The molecule has 2 rings (SSSR count). The zero-order valence-electron chi connectivity index (χ0n) is 14.7. The molecule has 0 fully saturated rings. The SMILES string of the molecule is COCCN(CCOC)S(=O)(=O)NC1CCCc2cc(N)ccc21.Cl. The molecule has 0 amide bonds. The van der Waals surface area contributed by atoms with Crippen LogP contribution in [0.15, 0.2) is 18.2 Å². The average Bonchev–Trinajstić information content (AvgIpc) is 2.54. The fourth-order valence-corrected chi connectivity index (χ4v) is 4.33. The topological polar surface area (TPSA) is 93.9 Å². The number of nitrogens with zero attached hydrogens (tertiary/aromatic N) is 1. The third kappa shape index (κ3) is 6.09. The number of nitrogen functional groups attached to an aromatic ring is 1. The molecule has 7 nitrogen and oxygen atoms in total. The summed E-state index contributed by atoms with van der Waals surface area (Å²) in [5.74, 6) is 0. The highest BCUT2D eigenvalue weighted by molar-refractivity contribution is 7.87. The Bertz CT molecular complexity index is 634. The molecule has 0 heterocycles. The first kappa shape index (κ1) is 22.1.